The number of para-hydroxylation sites is 1. The first kappa shape index (κ1) is 25.1. The molecule has 39 heavy (non-hydrogen) atoms. The second-order valence-electron chi connectivity index (χ2n) is 10.6. The Labute approximate surface area is 230 Å². The van der Waals surface area contributed by atoms with Gasteiger partial charge in [0.25, 0.3) is 0 Å². The first-order valence-corrected chi connectivity index (χ1v) is 13.7. The molecule has 2 unspecified atom stereocenters. The molecule has 1 aliphatic rings. The summed E-state index contributed by atoms with van der Waals surface area (Å²) in [7, 11) is 0. The molecular weight excluding hydrogens is 476 g/mol. The van der Waals surface area contributed by atoms with Crippen LogP contribution in [0.25, 0.3) is 22.3 Å². The van der Waals surface area contributed by atoms with Gasteiger partial charge in [0.1, 0.15) is 5.75 Å². The van der Waals surface area contributed by atoms with E-state index in [1.54, 1.807) is 0 Å². The maximum Gasteiger partial charge on any atom is 0.122 e. The Kier molecular flexibility index (Phi) is 7.02. The summed E-state index contributed by atoms with van der Waals surface area (Å²) in [6.45, 7) is 1.12. The van der Waals surface area contributed by atoms with Gasteiger partial charge < -0.3 is 16.6 Å². The van der Waals surface area contributed by atoms with E-state index in [4.69, 9.17) is 11.5 Å². The second-order valence-corrected chi connectivity index (χ2v) is 10.6. The fraction of sp³-hybridized carbons (Fsp3) is 0.167. The van der Waals surface area contributed by atoms with Gasteiger partial charge in [-0.25, -0.2) is 0 Å². The number of hydrogen-bond donors (Lipinski definition) is 3. The first-order valence-electron chi connectivity index (χ1n) is 13.7. The molecule has 6 rings (SSSR count). The van der Waals surface area contributed by atoms with Gasteiger partial charge >= 0.3 is 0 Å². The lowest BCUT2D eigenvalue weighted by Crippen LogP contribution is -2.11. The Bertz CT molecular complexity index is 1440. The molecule has 5 aromatic carbocycles. The zero-order valence-electron chi connectivity index (χ0n) is 22.1. The Morgan fingerprint density at radius 1 is 0.436 bits per heavy atom. The van der Waals surface area contributed by atoms with E-state index in [-0.39, 0.29) is 11.8 Å². The van der Waals surface area contributed by atoms with Gasteiger partial charge in [-0.3, -0.25) is 0 Å². The number of phenolic OH excluding ortho intramolecular Hbond substituents is 1. The molecule has 0 amide bonds. The third kappa shape index (κ3) is 5.12. The van der Waals surface area contributed by atoms with E-state index in [1.807, 2.05) is 0 Å². The van der Waals surface area contributed by atoms with E-state index >= 15 is 0 Å². The van der Waals surface area contributed by atoms with Gasteiger partial charge in [-0.1, -0.05) is 115 Å². The molecule has 0 spiro atoms. The molecule has 0 saturated carbocycles. The van der Waals surface area contributed by atoms with Crippen LogP contribution >= 0.6 is 0 Å². The van der Waals surface area contributed by atoms with Gasteiger partial charge in [-0.2, -0.15) is 0 Å². The van der Waals surface area contributed by atoms with Crippen LogP contribution in [0.4, 0.5) is 0 Å². The van der Waals surface area contributed by atoms with Crippen LogP contribution < -0.4 is 11.5 Å². The summed E-state index contributed by atoms with van der Waals surface area (Å²) in [6, 6.07) is 40.9. The largest absolute Gasteiger partial charge is 0.507 e. The van der Waals surface area contributed by atoms with Crippen molar-refractivity contribution < 1.29 is 5.11 Å². The lowest BCUT2D eigenvalue weighted by atomic mass is 9.81. The van der Waals surface area contributed by atoms with Crippen molar-refractivity contribution in [3.05, 3.63) is 149 Å². The van der Waals surface area contributed by atoms with Crippen LogP contribution in [-0.4, -0.2) is 5.11 Å². The number of aromatic hydroxyl groups is 1. The summed E-state index contributed by atoms with van der Waals surface area (Å²) < 4.78 is 0. The highest BCUT2D eigenvalue weighted by molar-refractivity contribution is 5.65. The molecule has 0 aromatic heterocycles. The highest BCUT2D eigenvalue weighted by Gasteiger charge is 2.36. The highest BCUT2D eigenvalue weighted by Crippen LogP contribution is 2.51. The molecule has 194 valence electrons. The highest BCUT2D eigenvalue weighted by atomic mass is 16.3. The van der Waals surface area contributed by atoms with Crippen LogP contribution in [-0.2, 0) is 25.9 Å². The minimum atomic E-state index is 0.244. The first-order chi connectivity index (χ1) is 19.1. The fourth-order valence-electron chi connectivity index (χ4n) is 5.96. The van der Waals surface area contributed by atoms with Crippen molar-refractivity contribution in [2.75, 3.05) is 0 Å². The van der Waals surface area contributed by atoms with E-state index in [0.717, 1.165) is 35.1 Å². The van der Waals surface area contributed by atoms with Gasteiger partial charge in [0.05, 0.1) is 0 Å². The van der Waals surface area contributed by atoms with Gasteiger partial charge in [0.2, 0.25) is 0 Å². The predicted molar refractivity (Wildman–Crippen MR) is 161 cm³/mol. The average Bonchev–Trinajstić information content (AvgIpc) is 3.11. The van der Waals surface area contributed by atoms with E-state index in [2.05, 4.69) is 115 Å². The number of benzene rings is 5. The normalized spacial score (nSPS) is 15.9. The summed E-state index contributed by atoms with van der Waals surface area (Å²) in [4.78, 5) is 0. The van der Waals surface area contributed by atoms with Crippen molar-refractivity contribution in [2.24, 2.45) is 11.5 Å². The molecule has 5 aromatic rings. The maximum absolute atomic E-state index is 11.0. The monoisotopic (exact) mass is 510 g/mol. The minimum Gasteiger partial charge on any atom is -0.507 e. The molecule has 2 atom stereocenters. The summed E-state index contributed by atoms with van der Waals surface area (Å²) >= 11 is 0. The SMILES string of the molecule is NCc1ccc(-c2ccc(CC3c4cccc(c4O)C3Cc3ccc(-c4ccc(CN)cc4)cc3)cc2)cc1. The van der Waals surface area contributed by atoms with E-state index in [0.29, 0.717) is 18.8 Å². The number of nitrogens with two attached hydrogens (primary N) is 2. The Balaban J connectivity index is 1.20. The summed E-state index contributed by atoms with van der Waals surface area (Å²) in [5, 5.41) is 11.0. The third-order valence-corrected chi connectivity index (χ3v) is 8.25. The molecule has 0 fully saturated rings. The molecule has 0 radical (unpaired) electrons. The van der Waals surface area contributed by atoms with E-state index in [9.17, 15) is 5.11 Å². The zero-order valence-corrected chi connectivity index (χ0v) is 22.1. The van der Waals surface area contributed by atoms with Gasteiger partial charge in [0.15, 0.2) is 0 Å². The standard InChI is InChI=1S/C36H34N2O/c37-22-26-8-16-30(17-9-26)28-12-4-24(5-13-28)20-34-32-2-1-3-33(36(32)39)35(34)21-25-6-14-29(15-7-25)31-18-10-27(23-38)11-19-31/h1-19,34-35,39H,20-23,37-38H2. The maximum atomic E-state index is 11.0. The quantitative estimate of drug-likeness (QED) is 0.205. The molecule has 0 aliphatic heterocycles. The fourth-order valence-corrected chi connectivity index (χ4v) is 5.96. The van der Waals surface area contributed by atoms with Gasteiger partial charge in [0, 0.05) is 13.1 Å². The van der Waals surface area contributed by atoms with Crippen LogP contribution in [0.2, 0.25) is 0 Å². The molecular formula is C36H34N2O. The lowest BCUT2D eigenvalue weighted by Gasteiger charge is -2.21. The Morgan fingerprint density at radius 2 is 0.744 bits per heavy atom. The van der Waals surface area contributed by atoms with Crippen molar-refractivity contribution in [1.82, 2.24) is 0 Å². The van der Waals surface area contributed by atoms with Crippen LogP contribution in [0.15, 0.2) is 115 Å². The van der Waals surface area contributed by atoms with Crippen molar-refractivity contribution in [2.45, 2.75) is 37.8 Å². The number of fused-ring (bicyclic) bond motifs is 2. The predicted octanol–water partition coefficient (Wildman–Crippen LogP) is 7.31. The van der Waals surface area contributed by atoms with E-state index < -0.39 is 0 Å². The summed E-state index contributed by atoms with van der Waals surface area (Å²) in [5.74, 6) is 0.960. The van der Waals surface area contributed by atoms with Gasteiger partial charge in [-0.05, 0) is 80.3 Å². The molecule has 5 N–H and O–H groups in total. The van der Waals surface area contributed by atoms with Crippen molar-refractivity contribution in [3.8, 4) is 28.0 Å². The van der Waals surface area contributed by atoms with Crippen LogP contribution in [0.1, 0.15) is 45.2 Å². The second kappa shape index (κ2) is 10.9. The van der Waals surface area contributed by atoms with Crippen LogP contribution in [0.5, 0.6) is 5.75 Å². The zero-order chi connectivity index (χ0) is 26.8. The summed E-state index contributed by atoms with van der Waals surface area (Å²) in [6.07, 6.45) is 1.79. The molecule has 0 heterocycles. The van der Waals surface area contributed by atoms with Crippen LogP contribution in [0.3, 0.4) is 0 Å². The molecule has 3 nitrogen and oxygen atoms in total. The molecule has 2 bridgehead atoms. The number of hydrogen-bond acceptors (Lipinski definition) is 3. The number of phenols is 1. The van der Waals surface area contributed by atoms with Crippen LogP contribution in [0, 0.1) is 0 Å². The van der Waals surface area contributed by atoms with Crippen molar-refractivity contribution >= 4 is 0 Å². The summed E-state index contributed by atoms with van der Waals surface area (Å²) in [5.41, 5.74) is 23.3. The molecule has 1 aliphatic carbocycles. The molecule has 0 saturated heterocycles. The van der Waals surface area contributed by atoms with Crippen molar-refractivity contribution in [3.63, 3.8) is 0 Å². The smallest absolute Gasteiger partial charge is 0.122 e. The van der Waals surface area contributed by atoms with E-state index in [1.165, 1.54) is 33.4 Å². The van der Waals surface area contributed by atoms with Crippen molar-refractivity contribution in [1.29, 1.82) is 0 Å². The Morgan fingerprint density at radius 3 is 1.05 bits per heavy atom. The average molecular weight is 511 g/mol. The molecule has 3 heteroatoms. The topological polar surface area (TPSA) is 72.3 Å². The lowest BCUT2D eigenvalue weighted by molar-refractivity contribution is 0.469. The third-order valence-electron chi connectivity index (χ3n) is 8.25. The number of rotatable bonds is 8. The Hall–Kier alpha value is -4.18. The van der Waals surface area contributed by atoms with Gasteiger partial charge in [-0.15, -0.1) is 0 Å². The minimum absolute atomic E-state index is 0.244.